The minimum Gasteiger partial charge on any atom is -0.410 e. The van der Waals surface area contributed by atoms with Gasteiger partial charge >= 0.3 is 0 Å². The van der Waals surface area contributed by atoms with Gasteiger partial charge < -0.3 is 14.3 Å². The summed E-state index contributed by atoms with van der Waals surface area (Å²) in [5.74, 6) is 2.08. The topological polar surface area (TPSA) is 94.1 Å². The average molecular weight is 405 g/mol. The Balaban J connectivity index is 1.41. The lowest BCUT2D eigenvalue weighted by Gasteiger charge is -2.16. The third-order valence-electron chi connectivity index (χ3n) is 4.47. The summed E-state index contributed by atoms with van der Waals surface area (Å²) in [6, 6.07) is 3.83. The zero-order valence-electron chi connectivity index (χ0n) is 15.3. The molecule has 1 amide bonds. The molecule has 0 aliphatic heterocycles. The van der Waals surface area contributed by atoms with Gasteiger partial charge in [0.15, 0.2) is 5.82 Å². The van der Waals surface area contributed by atoms with E-state index >= 15 is 0 Å². The molecule has 0 spiro atoms. The second kappa shape index (κ2) is 7.47. The van der Waals surface area contributed by atoms with Crippen molar-refractivity contribution in [1.29, 1.82) is 0 Å². The lowest BCUT2D eigenvalue weighted by atomic mass is 9.90. The predicted octanol–water partition coefficient (Wildman–Crippen LogP) is 4.34. The zero-order valence-corrected chi connectivity index (χ0v) is 16.9. The van der Waals surface area contributed by atoms with Crippen LogP contribution in [0.3, 0.4) is 0 Å². The Kier molecular flexibility index (Phi) is 5.05. The number of carbonyl (C=O) groups excluding carboxylic acids is 1. The van der Waals surface area contributed by atoms with E-state index in [9.17, 15) is 4.79 Å². The van der Waals surface area contributed by atoms with Crippen molar-refractivity contribution in [3.8, 4) is 10.8 Å². The average Bonchev–Trinajstić information content (AvgIpc) is 3.34. The van der Waals surface area contributed by atoms with Gasteiger partial charge in [-0.3, -0.25) is 4.79 Å². The van der Waals surface area contributed by atoms with Gasteiger partial charge in [-0.1, -0.05) is 23.8 Å². The molecule has 2 atom stereocenters. The summed E-state index contributed by atoms with van der Waals surface area (Å²) in [6.07, 6.45) is 3.46. The summed E-state index contributed by atoms with van der Waals surface area (Å²) in [7, 11) is 0. The molecule has 0 saturated carbocycles. The molecule has 3 aromatic heterocycles. The molecular formula is C18H20N4O3S2. The van der Waals surface area contributed by atoms with E-state index < -0.39 is 5.25 Å². The van der Waals surface area contributed by atoms with Gasteiger partial charge in [-0.15, -0.1) is 21.5 Å². The fourth-order valence-electron chi connectivity index (χ4n) is 3.03. The van der Waals surface area contributed by atoms with Crippen LogP contribution in [0.15, 0.2) is 26.3 Å². The zero-order chi connectivity index (χ0) is 19.0. The Hall–Kier alpha value is -2.13. The summed E-state index contributed by atoms with van der Waals surface area (Å²) >= 11 is 2.95. The van der Waals surface area contributed by atoms with Crippen LogP contribution in [-0.2, 0) is 17.6 Å². The summed E-state index contributed by atoms with van der Waals surface area (Å²) in [6.45, 7) is 5.83. The van der Waals surface area contributed by atoms with Crippen molar-refractivity contribution >= 4 is 34.8 Å². The number of nitrogens with one attached hydrogen (secondary N) is 1. The van der Waals surface area contributed by atoms with Crippen molar-refractivity contribution in [2.75, 3.05) is 5.32 Å². The second-order valence-electron chi connectivity index (χ2n) is 6.85. The van der Waals surface area contributed by atoms with E-state index in [1.54, 1.807) is 31.3 Å². The largest absolute Gasteiger partial charge is 0.410 e. The molecular weight excluding hydrogens is 384 g/mol. The van der Waals surface area contributed by atoms with Crippen LogP contribution < -0.4 is 5.32 Å². The Bertz CT molecular complexity index is 962. The summed E-state index contributed by atoms with van der Waals surface area (Å²) in [4.78, 5) is 14.7. The quantitative estimate of drug-likeness (QED) is 0.632. The van der Waals surface area contributed by atoms with Gasteiger partial charge in [-0.05, 0) is 50.7 Å². The number of aryl methyl sites for hydroxylation is 2. The third kappa shape index (κ3) is 4.08. The molecule has 0 unspecified atom stereocenters. The van der Waals surface area contributed by atoms with Gasteiger partial charge in [0.25, 0.3) is 11.1 Å². The van der Waals surface area contributed by atoms with E-state index in [0.29, 0.717) is 22.7 Å². The van der Waals surface area contributed by atoms with E-state index in [-0.39, 0.29) is 5.91 Å². The van der Waals surface area contributed by atoms with Gasteiger partial charge in [0.05, 0.1) is 10.1 Å². The SMILES string of the molecule is Cc1cc(NC(=O)[C@@H](C)Sc2nnc(-c3cc4c(s3)CC[C@H](C)C4)o2)no1. The highest BCUT2D eigenvalue weighted by atomic mass is 32.2. The number of hydrogen-bond donors (Lipinski definition) is 1. The van der Waals surface area contributed by atoms with Crippen LogP contribution in [0.1, 0.15) is 36.5 Å². The molecule has 142 valence electrons. The highest BCUT2D eigenvalue weighted by Crippen LogP contribution is 2.37. The number of amides is 1. The Morgan fingerprint density at radius 1 is 1.41 bits per heavy atom. The second-order valence-corrected chi connectivity index (χ2v) is 9.28. The van der Waals surface area contributed by atoms with Crippen molar-refractivity contribution in [3.63, 3.8) is 0 Å². The molecule has 0 radical (unpaired) electrons. The van der Waals surface area contributed by atoms with Gasteiger partial charge in [0, 0.05) is 10.9 Å². The molecule has 7 nitrogen and oxygen atoms in total. The number of thioether (sulfide) groups is 1. The van der Waals surface area contributed by atoms with Crippen molar-refractivity contribution in [1.82, 2.24) is 15.4 Å². The van der Waals surface area contributed by atoms with Crippen molar-refractivity contribution in [2.24, 2.45) is 5.92 Å². The number of aromatic nitrogens is 3. The first-order valence-electron chi connectivity index (χ1n) is 8.84. The Morgan fingerprint density at radius 3 is 3.04 bits per heavy atom. The molecule has 9 heteroatoms. The summed E-state index contributed by atoms with van der Waals surface area (Å²) in [5, 5.41) is 14.7. The molecule has 0 fully saturated rings. The van der Waals surface area contributed by atoms with E-state index in [4.69, 9.17) is 8.94 Å². The van der Waals surface area contributed by atoms with Crippen molar-refractivity contribution < 1.29 is 13.7 Å². The third-order valence-corrected chi connectivity index (χ3v) is 6.63. The normalized spacial score (nSPS) is 17.5. The molecule has 3 heterocycles. The first-order chi connectivity index (χ1) is 13.0. The fraction of sp³-hybridized carbons (Fsp3) is 0.444. The maximum absolute atomic E-state index is 12.3. The number of anilines is 1. The molecule has 1 aliphatic rings. The van der Waals surface area contributed by atoms with Crippen LogP contribution in [0.4, 0.5) is 5.82 Å². The smallest absolute Gasteiger partial charge is 0.277 e. The maximum atomic E-state index is 12.3. The molecule has 0 bridgehead atoms. The number of thiophene rings is 1. The van der Waals surface area contributed by atoms with E-state index in [2.05, 4.69) is 33.7 Å². The molecule has 0 saturated heterocycles. The van der Waals surface area contributed by atoms with Crippen LogP contribution in [-0.4, -0.2) is 26.5 Å². The molecule has 1 N–H and O–H groups in total. The molecule has 27 heavy (non-hydrogen) atoms. The van der Waals surface area contributed by atoms with Crippen molar-refractivity contribution in [3.05, 3.63) is 28.3 Å². The lowest BCUT2D eigenvalue weighted by molar-refractivity contribution is -0.115. The van der Waals surface area contributed by atoms with Crippen molar-refractivity contribution in [2.45, 2.75) is 50.5 Å². The molecule has 1 aliphatic carbocycles. The summed E-state index contributed by atoms with van der Waals surface area (Å²) < 4.78 is 10.7. The maximum Gasteiger partial charge on any atom is 0.277 e. The van der Waals surface area contributed by atoms with Gasteiger partial charge in [0.1, 0.15) is 5.76 Å². The number of nitrogens with zero attached hydrogens (tertiary/aromatic N) is 3. The molecule has 3 aromatic rings. The van der Waals surface area contributed by atoms with Gasteiger partial charge in [0.2, 0.25) is 5.91 Å². The number of rotatable bonds is 5. The molecule has 0 aromatic carbocycles. The number of hydrogen-bond acceptors (Lipinski definition) is 8. The molecule has 4 rings (SSSR count). The highest BCUT2D eigenvalue weighted by Gasteiger charge is 2.23. The lowest BCUT2D eigenvalue weighted by Crippen LogP contribution is -2.22. The highest BCUT2D eigenvalue weighted by molar-refractivity contribution is 8.00. The number of carbonyl (C=O) groups is 1. The van der Waals surface area contributed by atoms with Crippen LogP contribution in [0.25, 0.3) is 10.8 Å². The van der Waals surface area contributed by atoms with E-state index in [1.807, 2.05) is 0 Å². The Morgan fingerprint density at radius 2 is 2.26 bits per heavy atom. The standard InChI is InChI=1S/C18H20N4O3S2/c1-9-4-5-13-12(6-9)8-14(27-13)17-20-21-18(24-17)26-11(3)16(23)19-15-7-10(2)25-22-15/h7-9,11H,4-6H2,1-3H3,(H,19,22,23)/t9-,11+/m0/s1. The van der Waals surface area contributed by atoms with Crippen LogP contribution in [0.5, 0.6) is 0 Å². The van der Waals surface area contributed by atoms with Gasteiger partial charge in [-0.25, -0.2) is 0 Å². The van der Waals surface area contributed by atoms with Crippen LogP contribution in [0, 0.1) is 12.8 Å². The van der Waals surface area contributed by atoms with Crippen LogP contribution in [0.2, 0.25) is 0 Å². The first kappa shape index (κ1) is 18.2. The number of fused-ring (bicyclic) bond motifs is 1. The summed E-state index contributed by atoms with van der Waals surface area (Å²) in [5.41, 5.74) is 1.40. The monoisotopic (exact) mass is 404 g/mol. The first-order valence-corrected chi connectivity index (χ1v) is 10.5. The minimum absolute atomic E-state index is 0.200. The Labute approximate surface area is 164 Å². The van der Waals surface area contributed by atoms with E-state index in [1.165, 1.54) is 28.6 Å². The van der Waals surface area contributed by atoms with Gasteiger partial charge in [-0.2, -0.15) is 0 Å². The van der Waals surface area contributed by atoms with E-state index in [0.717, 1.165) is 23.6 Å². The predicted molar refractivity (Wildman–Crippen MR) is 104 cm³/mol. The fourth-order valence-corrected chi connectivity index (χ4v) is 4.84. The van der Waals surface area contributed by atoms with Crippen LogP contribution >= 0.6 is 23.1 Å². The minimum atomic E-state index is -0.410.